The van der Waals surface area contributed by atoms with Crippen LogP contribution in [0, 0.1) is 6.92 Å². The van der Waals surface area contributed by atoms with Crippen LogP contribution in [0.25, 0.3) is 33.7 Å². The van der Waals surface area contributed by atoms with Gasteiger partial charge in [-0.15, -0.1) is 0 Å². The molecule has 1 N–H and O–H groups in total. The van der Waals surface area contributed by atoms with Crippen LogP contribution in [0.2, 0.25) is 5.15 Å². The molecule has 0 fully saturated rings. The van der Waals surface area contributed by atoms with E-state index in [2.05, 4.69) is 19.9 Å². The topological polar surface area (TPSA) is 88.6 Å². The molecule has 0 aliphatic carbocycles. The summed E-state index contributed by atoms with van der Waals surface area (Å²) in [6.45, 7) is 1.82. The molecule has 1 aromatic carbocycles. The molecule has 3 aromatic heterocycles. The number of carbonyl (C=O) groups is 1. The number of aldehydes is 1. The van der Waals surface area contributed by atoms with Crippen molar-refractivity contribution >= 4 is 29.1 Å². The Morgan fingerprint density at radius 2 is 1.74 bits per heavy atom. The average molecular weight is 377 g/mol. The number of nitrogens with zero attached hydrogens (tertiary/aromatic N) is 3. The van der Waals surface area contributed by atoms with Gasteiger partial charge in [-0.2, -0.15) is 0 Å². The van der Waals surface area contributed by atoms with Crippen LogP contribution in [0.5, 0.6) is 0 Å². The van der Waals surface area contributed by atoms with Crippen molar-refractivity contribution in [2.75, 3.05) is 0 Å². The number of aromatic amines is 1. The van der Waals surface area contributed by atoms with Crippen LogP contribution in [-0.2, 0) is 0 Å². The van der Waals surface area contributed by atoms with Crippen LogP contribution >= 0.6 is 11.6 Å². The van der Waals surface area contributed by atoms with Crippen molar-refractivity contribution in [3.05, 3.63) is 75.3 Å². The second-order valence-electron chi connectivity index (χ2n) is 5.99. The van der Waals surface area contributed by atoms with E-state index in [0.29, 0.717) is 39.7 Å². The van der Waals surface area contributed by atoms with Gasteiger partial charge in [0.1, 0.15) is 5.15 Å². The highest BCUT2D eigenvalue weighted by Gasteiger charge is 2.17. The number of pyridine rings is 2. The minimum atomic E-state index is -0.469. The molecule has 7 heteroatoms. The van der Waals surface area contributed by atoms with E-state index >= 15 is 0 Å². The number of carbonyl (C=O) groups excluding carboxylic acids is 1. The third kappa shape index (κ3) is 3.11. The van der Waals surface area contributed by atoms with Gasteiger partial charge in [-0.25, -0.2) is 15.0 Å². The maximum atomic E-state index is 12.5. The van der Waals surface area contributed by atoms with Crippen LogP contribution in [0.15, 0.2) is 53.5 Å². The molecule has 0 bridgehead atoms. The highest BCUT2D eigenvalue weighted by Crippen LogP contribution is 2.31. The van der Waals surface area contributed by atoms with Gasteiger partial charge in [-0.05, 0) is 19.1 Å². The second-order valence-corrected chi connectivity index (χ2v) is 6.38. The summed E-state index contributed by atoms with van der Waals surface area (Å²) in [5, 5.41) is 0.321. The van der Waals surface area contributed by atoms with Gasteiger partial charge in [0.05, 0.1) is 17.0 Å². The number of rotatable bonds is 3. The smallest absolute Gasteiger partial charge is 0.219 e. The van der Waals surface area contributed by atoms with Crippen molar-refractivity contribution in [3.8, 4) is 22.5 Å². The average Bonchev–Trinajstić information content (AvgIpc) is 2.67. The fourth-order valence-electron chi connectivity index (χ4n) is 2.89. The lowest BCUT2D eigenvalue weighted by Crippen LogP contribution is -2.13. The molecule has 3 heterocycles. The Morgan fingerprint density at radius 1 is 1.00 bits per heavy atom. The van der Waals surface area contributed by atoms with Crippen molar-refractivity contribution in [2.45, 2.75) is 6.92 Å². The van der Waals surface area contributed by atoms with E-state index in [4.69, 9.17) is 11.6 Å². The Kier molecular flexibility index (Phi) is 4.25. The SMILES string of the molecule is Cc1cc(-c2nc3c(=O)c(C=O)c[nH]c3nc2-c2ccccc2)cc(Cl)n1. The third-order valence-corrected chi connectivity index (χ3v) is 4.30. The molecule has 132 valence electrons. The van der Waals surface area contributed by atoms with Crippen LogP contribution in [0.1, 0.15) is 16.1 Å². The van der Waals surface area contributed by atoms with Crippen LogP contribution < -0.4 is 5.43 Å². The van der Waals surface area contributed by atoms with E-state index in [1.165, 1.54) is 6.20 Å². The molecule has 0 radical (unpaired) electrons. The summed E-state index contributed by atoms with van der Waals surface area (Å²) in [5.74, 6) is 0. The number of halogens is 1. The zero-order chi connectivity index (χ0) is 19.0. The predicted molar refractivity (Wildman–Crippen MR) is 104 cm³/mol. The Hall–Kier alpha value is -3.38. The highest BCUT2D eigenvalue weighted by atomic mass is 35.5. The van der Waals surface area contributed by atoms with E-state index in [-0.39, 0.29) is 11.1 Å². The summed E-state index contributed by atoms with van der Waals surface area (Å²) < 4.78 is 0. The van der Waals surface area contributed by atoms with E-state index in [1.807, 2.05) is 43.3 Å². The number of H-pyrrole nitrogens is 1. The van der Waals surface area contributed by atoms with Crippen molar-refractivity contribution in [1.82, 2.24) is 19.9 Å². The molecule has 4 aromatic rings. The normalized spacial score (nSPS) is 10.9. The second kappa shape index (κ2) is 6.74. The molecule has 0 atom stereocenters. The minimum absolute atomic E-state index is 0.000785. The quantitative estimate of drug-likeness (QED) is 0.433. The van der Waals surface area contributed by atoms with Crippen LogP contribution in [0.4, 0.5) is 0 Å². The molecular weight excluding hydrogens is 364 g/mol. The van der Waals surface area contributed by atoms with Gasteiger partial charge in [-0.3, -0.25) is 9.59 Å². The maximum absolute atomic E-state index is 12.5. The van der Waals surface area contributed by atoms with Crippen LogP contribution in [-0.4, -0.2) is 26.2 Å². The molecule has 0 saturated carbocycles. The van der Waals surface area contributed by atoms with Gasteiger partial charge in [0.25, 0.3) is 0 Å². The van der Waals surface area contributed by atoms with E-state index in [0.717, 1.165) is 5.56 Å². The van der Waals surface area contributed by atoms with Gasteiger partial charge in [0, 0.05) is 23.0 Å². The van der Waals surface area contributed by atoms with Crippen molar-refractivity contribution in [2.24, 2.45) is 0 Å². The molecule has 27 heavy (non-hydrogen) atoms. The number of hydrogen-bond acceptors (Lipinski definition) is 5. The first-order valence-electron chi connectivity index (χ1n) is 8.15. The Labute approximate surface area is 158 Å². The van der Waals surface area contributed by atoms with Crippen molar-refractivity contribution in [3.63, 3.8) is 0 Å². The number of fused-ring (bicyclic) bond motifs is 1. The first-order valence-corrected chi connectivity index (χ1v) is 8.53. The number of nitrogens with one attached hydrogen (secondary N) is 1. The summed E-state index contributed by atoms with van der Waals surface area (Å²) in [5.41, 5.74) is 3.28. The summed E-state index contributed by atoms with van der Waals surface area (Å²) in [6.07, 6.45) is 1.84. The minimum Gasteiger partial charge on any atom is -0.344 e. The zero-order valence-corrected chi connectivity index (χ0v) is 15.0. The van der Waals surface area contributed by atoms with E-state index < -0.39 is 5.43 Å². The van der Waals surface area contributed by atoms with Crippen LogP contribution in [0.3, 0.4) is 0 Å². The fourth-order valence-corrected chi connectivity index (χ4v) is 3.14. The van der Waals surface area contributed by atoms with Gasteiger partial charge in [0.2, 0.25) is 5.43 Å². The number of aromatic nitrogens is 4. The maximum Gasteiger partial charge on any atom is 0.219 e. The Bertz CT molecular complexity index is 1220. The third-order valence-electron chi connectivity index (χ3n) is 4.11. The molecule has 6 nitrogen and oxygen atoms in total. The van der Waals surface area contributed by atoms with E-state index in [9.17, 15) is 9.59 Å². The lowest BCUT2D eigenvalue weighted by atomic mass is 10.0. The molecule has 4 rings (SSSR count). The summed E-state index contributed by atoms with van der Waals surface area (Å²) in [4.78, 5) is 39.9. The fraction of sp³-hybridized carbons (Fsp3) is 0.0500. The monoisotopic (exact) mass is 376 g/mol. The van der Waals surface area contributed by atoms with Gasteiger partial charge in [-0.1, -0.05) is 41.9 Å². The lowest BCUT2D eigenvalue weighted by Gasteiger charge is -2.11. The van der Waals surface area contributed by atoms with Crippen molar-refractivity contribution in [1.29, 1.82) is 0 Å². The Balaban J connectivity index is 2.11. The largest absolute Gasteiger partial charge is 0.344 e. The van der Waals surface area contributed by atoms with E-state index in [1.54, 1.807) is 6.07 Å². The molecule has 0 saturated heterocycles. The standard InChI is InChI=1S/C20H13ClN4O2/c1-11-7-13(8-15(21)23-11)17-16(12-5-3-2-4-6-12)25-20-18(24-17)19(27)14(10-26)9-22-20/h2-10H,1H3,(H,22,25,27). The molecule has 0 aliphatic rings. The first kappa shape index (κ1) is 17.1. The number of aryl methyl sites for hydroxylation is 1. The summed E-state index contributed by atoms with van der Waals surface area (Å²) in [7, 11) is 0. The lowest BCUT2D eigenvalue weighted by molar-refractivity contribution is 0.112. The molecule has 0 aliphatic heterocycles. The predicted octanol–water partition coefficient (Wildman–Crippen LogP) is 3.82. The molecule has 0 spiro atoms. The molecular formula is C20H13ClN4O2. The van der Waals surface area contributed by atoms with Gasteiger partial charge >= 0.3 is 0 Å². The highest BCUT2D eigenvalue weighted by molar-refractivity contribution is 6.29. The number of hydrogen-bond donors (Lipinski definition) is 1. The Morgan fingerprint density at radius 3 is 2.44 bits per heavy atom. The zero-order valence-electron chi connectivity index (χ0n) is 14.2. The molecule has 0 amide bonds. The summed E-state index contributed by atoms with van der Waals surface area (Å²) >= 11 is 6.12. The summed E-state index contributed by atoms with van der Waals surface area (Å²) in [6, 6.07) is 13.0. The number of benzene rings is 1. The van der Waals surface area contributed by atoms with Gasteiger partial charge in [0.15, 0.2) is 17.5 Å². The van der Waals surface area contributed by atoms with Gasteiger partial charge < -0.3 is 4.98 Å². The molecule has 0 unspecified atom stereocenters. The van der Waals surface area contributed by atoms with Crippen molar-refractivity contribution < 1.29 is 4.79 Å². The first-order chi connectivity index (χ1) is 13.1.